The van der Waals surface area contributed by atoms with Crippen molar-refractivity contribution in [2.75, 3.05) is 26.2 Å². The number of oxazole rings is 1. The SMILES string of the molecule is Cc1nc(C(C)(C)N2CCNCC2)oc1-c1cccnc1. The molecule has 5 heteroatoms. The molecule has 2 aromatic heterocycles. The third kappa shape index (κ3) is 2.71. The molecule has 1 aliphatic heterocycles. The molecule has 1 N–H and O–H groups in total. The molecule has 0 spiro atoms. The number of aromatic nitrogens is 2. The van der Waals surface area contributed by atoms with E-state index >= 15 is 0 Å². The van der Waals surface area contributed by atoms with Crippen molar-refractivity contribution in [3.8, 4) is 11.3 Å². The molecule has 1 saturated heterocycles. The highest BCUT2D eigenvalue weighted by atomic mass is 16.4. The number of rotatable bonds is 3. The highest BCUT2D eigenvalue weighted by molar-refractivity contribution is 5.58. The molecule has 0 saturated carbocycles. The van der Waals surface area contributed by atoms with Gasteiger partial charge in [-0.3, -0.25) is 9.88 Å². The number of aryl methyl sites for hydroxylation is 1. The Morgan fingerprint density at radius 3 is 2.71 bits per heavy atom. The zero-order chi connectivity index (χ0) is 14.9. The lowest BCUT2D eigenvalue weighted by Crippen LogP contribution is -2.51. The van der Waals surface area contributed by atoms with Gasteiger partial charge in [0, 0.05) is 44.1 Å². The molecular formula is C16H22N4O. The summed E-state index contributed by atoms with van der Waals surface area (Å²) in [6.07, 6.45) is 3.58. The zero-order valence-electron chi connectivity index (χ0n) is 12.9. The lowest BCUT2D eigenvalue weighted by Gasteiger charge is -2.38. The topological polar surface area (TPSA) is 54.2 Å². The third-order valence-electron chi connectivity index (χ3n) is 4.15. The van der Waals surface area contributed by atoms with Gasteiger partial charge in [-0.2, -0.15) is 0 Å². The number of piperazine rings is 1. The van der Waals surface area contributed by atoms with Gasteiger partial charge >= 0.3 is 0 Å². The largest absolute Gasteiger partial charge is 0.438 e. The van der Waals surface area contributed by atoms with Gasteiger partial charge in [0.15, 0.2) is 5.76 Å². The first-order valence-corrected chi connectivity index (χ1v) is 7.43. The molecule has 0 amide bonds. The third-order valence-corrected chi connectivity index (χ3v) is 4.15. The first kappa shape index (κ1) is 14.2. The van der Waals surface area contributed by atoms with Gasteiger partial charge in [-0.25, -0.2) is 4.98 Å². The lowest BCUT2D eigenvalue weighted by atomic mass is 10.0. The van der Waals surface area contributed by atoms with Gasteiger partial charge in [0.05, 0.1) is 11.2 Å². The van der Waals surface area contributed by atoms with E-state index in [-0.39, 0.29) is 5.54 Å². The van der Waals surface area contributed by atoms with Crippen LogP contribution in [0.5, 0.6) is 0 Å². The maximum atomic E-state index is 6.11. The Kier molecular flexibility index (Phi) is 3.78. The highest BCUT2D eigenvalue weighted by Gasteiger charge is 2.35. The van der Waals surface area contributed by atoms with E-state index < -0.39 is 0 Å². The van der Waals surface area contributed by atoms with E-state index in [9.17, 15) is 0 Å². The molecule has 1 fully saturated rings. The van der Waals surface area contributed by atoms with Crippen LogP contribution in [0.2, 0.25) is 0 Å². The van der Waals surface area contributed by atoms with Crippen molar-refractivity contribution < 1.29 is 4.42 Å². The molecule has 0 radical (unpaired) electrons. The van der Waals surface area contributed by atoms with E-state index in [2.05, 4.69) is 34.0 Å². The van der Waals surface area contributed by atoms with Crippen LogP contribution in [0.1, 0.15) is 25.4 Å². The van der Waals surface area contributed by atoms with E-state index in [4.69, 9.17) is 4.42 Å². The summed E-state index contributed by atoms with van der Waals surface area (Å²) in [5.74, 6) is 1.60. The molecular weight excluding hydrogens is 264 g/mol. The maximum Gasteiger partial charge on any atom is 0.215 e. The molecule has 0 bridgehead atoms. The molecule has 0 unspecified atom stereocenters. The molecule has 0 aliphatic carbocycles. The zero-order valence-corrected chi connectivity index (χ0v) is 12.9. The Hall–Kier alpha value is -1.72. The van der Waals surface area contributed by atoms with Crippen LogP contribution in [0.25, 0.3) is 11.3 Å². The van der Waals surface area contributed by atoms with Crippen molar-refractivity contribution in [2.45, 2.75) is 26.3 Å². The maximum absolute atomic E-state index is 6.11. The summed E-state index contributed by atoms with van der Waals surface area (Å²) < 4.78 is 6.11. The average molecular weight is 286 g/mol. The lowest BCUT2D eigenvalue weighted by molar-refractivity contribution is 0.0783. The molecule has 2 aromatic rings. The molecule has 3 heterocycles. The molecule has 0 aromatic carbocycles. The van der Waals surface area contributed by atoms with Crippen molar-refractivity contribution >= 4 is 0 Å². The summed E-state index contributed by atoms with van der Waals surface area (Å²) >= 11 is 0. The van der Waals surface area contributed by atoms with Gasteiger partial charge in [0.25, 0.3) is 0 Å². The smallest absolute Gasteiger partial charge is 0.215 e. The van der Waals surface area contributed by atoms with Crippen LogP contribution in [0.4, 0.5) is 0 Å². The summed E-state index contributed by atoms with van der Waals surface area (Å²) in [6.45, 7) is 10.4. The summed E-state index contributed by atoms with van der Waals surface area (Å²) in [4.78, 5) is 11.3. The Morgan fingerprint density at radius 2 is 2.05 bits per heavy atom. The van der Waals surface area contributed by atoms with Crippen molar-refractivity contribution in [2.24, 2.45) is 0 Å². The van der Waals surface area contributed by atoms with E-state index in [0.29, 0.717) is 0 Å². The van der Waals surface area contributed by atoms with Crippen LogP contribution in [0, 0.1) is 6.92 Å². The van der Waals surface area contributed by atoms with Crippen LogP contribution in [-0.2, 0) is 5.54 Å². The fourth-order valence-electron chi connectivity index (χ4n) is 2.78. The van der Waals surface area contributed by atoms with Gasteiger partial charge < -0.3 is 9.73 Å². The summed E-state index contributed by atoms with van der Waals surface area (Å²) in [5, 5.41) is 3.38. The normalized spacial score (nSPS) is 17.1. The number of pyridine rings is 1. The minimum Gasteiger partial charge on any atom is -0.438 e. The summed E-state index contributed by atoms with van der Waals surface area (Å²) in [5.41, 5.74) is 1.69. The second-order valence-corrected chi connectivity index (χ2v) is 5.97. The van der Waals surface area contributed by atoms with Crippen molar-refractivity contribution in [3.63, 3.8) is 0 Å². The van der Waals surface area contributed by atoms with Crippen molar-refractivity contribution in [1.29, 1.82) is 0 Å². The van der Waals surface area contributed by atoms with E-state index in [1.165, 1.54) is 0 Å². The minimum absolute atomic E-state index is 0.201. The Morgan fingerprint density at radius 1 is 1.29 bits per heavy atom. The number of hydrogen-bond donors (Lipinski definition) is 1. The monoisotopic (exact) mass is 286 g/mol. The fourth-order valence-corrected chi connectivity index (χ4v) is 2.78. The molecule has 1 aliphatic rings. The number of hydrogen-bond acceptors (Lipinski definition) is 5. The van der Waals surface area contributed by atoms with E-state index in [0.717, 1.165) is 49.1 Å². The fraction of sp³-hybridized carbons (Fsp3) is 0.500. The standard InChI is InChI=1S/C16H22N4O/c1-12-14(13-5-4-6-18-11-13)21-15(19-12)16(2,3)20-9-7-17-8-10-20/h4-6,11,17H,7-10H2,1-3H3. The van der Waals surface area contributed by atoms with E-state index in [1.807, 2.05) is 25.3 Å². The van der Waals surface area contributed by atoms with Crippen LogP contribution < -0.4 is 5.32 Å². The second-order valence-electron chi connectivity index (χ2n) is 5.97. The predicted octanol–water partition coefficient (Wildman–Crippen LogP) is 2.19. The molecule has 0 atom stereocenters. The number of nitrogens with zero attached hydrogens (tertiary/aromatic N) is 3. The number of nitrogens with one attached hydrogen (secondary N) is 1. The predicted molar refractivity (Wildman–Crippen MR) is 81.9 cm³/mol. The van der Waals surface area contributed by atoms with Crippen molar-refractivity contribution in [3.05, 3.63) is 36.1 Å². The summed E-state index contributed by atoms with van der Waals surface area (Å²) in [6, 6.07) is 3.92. The second kappa shape index (κ2) is 5.58. The first-order chi connectivity index (χ1) is 10.1. The van der Waals surface area contributed by atoms with Gasteiger partial charge in [0.2, 0.25) is 5.89 Å². The molecule has 5 nitrogen and oxygen atoms in total. The minimum atomic E-state index is -0.201. The van der Waals surface area contributed by atoms with Gasteiger partial charge in [0.1, 0.15) is 0 Å². The Bertz CT molecular complexity index is 600. The molecule has 21 heavy (non-hydrogen) atoms. The molecule has 112 valence electrons. The molecule has 3 rings (SSSR count). The quantitative estimate of drug-likeness (QED) is 0.937. The van der Waals surface area contributed by atoms with Gasteiger partial charge in [-0.05, 0) is 32.9 Å². The van der Waals surface area contributed by atoms with Crippen LogP contribution in [0.15, 0.2) is 28.9 Å². The van der Waals surface area contributed by atoms with Crippen molar-refractivity contribution in [1.82, 2.24) is 20.2 Å². The highest BCUT2D eigenvalue weighted by Crippen LogP contribution is 2.32. The van der Waals surface area contributed by atoms with Gasteiger partial charge in [-0.15, -0.1) is 0 Å². The van der Waals surface area contributed by atoms with Crippen LogP contribution >= 0.6 is 0 Å². The van der Waals surface area contributed by atoms with Crippen LogP contribution in [0.3, 0.4) is 0 Å². The Labute approximate surface area is 125 Å². The van der Waals surface area contributed by atoms with Gasteiger partial charge in [-0.1, -0.05) is 0 Å². The summed E-state index contributed by atoms with van der Waals surface area (Å²) in [7, 11) is 0. The first-order valence-electron chi connectivity index (χ1n) is 7.43. The Balaban J connectivity index is 1.92. The average Bonchev–Trinajstić information content (AvgIpc) is 2.92. The van der Waals surface area contributed by atoms with E-state index in [1.54, 1.807) is 6.20 Å². The van der Waals surface area contributed by atoms with Crippen LogP contribution in [-0.4, -0.2) is 41.0 Å².